The predicted octanol–water partition coefficient (Wildman–Crippen LogP) is 1.30. The van der Waals surface area contributed by atoms with Gasteiger partial charge in [-0.25, -0.2) is 9.67 Å². The van der Waals surface area contributed by atoms with Gasteiger partial charge >= 0.3 is 0 Å². The fourth-order valence-corrected chi connectivity index (χ4v) is 2.20. The number of hydrogen-bond acceptors (Lipinski definition) is 4. The summed E-state index contributed by atoms with van der Waals surface area (Å²) in [6.07, 6.45) is 2.75. The molecule has 1 aromatic rings. The molecule has 4 nitrogen and oxygen atoms in total. The van der Waals surface area contributed by atoms with Crippen LogP contribution >= 0.6 is 11.8 Å². The number of thioether (sulfide) groups is 1. The molecule has 1 heterocycles. The zero-order chi connectivity index (χ0) is 10.4. The molecule has 1 rings (SSSR count). The first-order valence-electron chi connectivity index (χ1n) is 4.94. The van der Waals surface area contributed by atoms with E-state index in [0.29, 0.717) is 6.04 Å². The molecule has 14 heavy (non-hydrogen) atoms. The van der Waals surface area contributed by atoms with Crippen LogP contribution < -0.4 is 5.32 Å². The van der Waals surface area contributed by atoms with Crippen LogP contribution in [0, 0.1) is 0 Å². The Morgan fingerprint density at radius 2 is 2.43 bits per heavy atom. The fourth-order valence-electron chi connectivity index (χ4n) is 1.19. The Hall–Kier alpha value is -0.550. The van der Waals surface area contributed by atoms with Gasteiger partial charge in [-0.1, -0.05) is 18.7 Å². The Morgan fingerprint density at radius 3 is 3.00 bits per heavy atom. The Bertz CT molecular complexity index is 261. The third kappa shape index (κ3) is 3.67. The Labute approximate surface area is 89.5 Å². The van der Waals surface area contributed by atoms with Gasteiger partial charge in [0.15, 0.2) is 5.16 Å². The van der Waals surface area contributed by atoms with E-state index in [1.54, 1.807) is 18.1 Å². The Balaban J connectivity index is 2.19. The second-order valence-electron chi connectivity index (χ2n) is 3.26. The van der Waals surface area contributed by atoms with Crippen LogP contribution in [0.3, 0.4) is 0 Å². The summed E-state index contributed by atoms with van der Waals surface area (Å²) in [5, 5.41) is 8.40. The van der Waals surface area contributed by atoms with E-state index in [-0.39, 0.29) is 0 Å². The number of nitrogens with one attached hydrogen (secondary N) is 1. The highest BCUT2D eigenvalue weighted by Crippen LogP contribution is 2.14. The SMILES string of the molecule is CCNC(C)CCSc1ncnn1C. The van der Waals surface area contributed by atoms with Crippen LogP contribution in [-0.2, 0) is 7.05 Å². The maximum atomic E-state index is 4.15. The Morgan fingerprint density at radius 1 is 1.64 bits per heavy atom. The highest BCUT2D eigenvalue weighted by atomic mass is 32.2. The topological polar surface area (TPSA) is 42.7 Å². The molecule has 80 valence electrons. The quantitative estimate of drug-likeness (QED) is 0.725. The van der Waals surface area contributed by atoms with Gasteiger partial charge in [-0.05, 0) is 19.9 Å². The lowest BCUT2D eigenvalue weighted by atomic mass is 10.3. The lowest BCUT2D eigenvalue weighted by Crippen LogP contribution is -2.25. The summed E-state index contributed by atoms with van der Waals surface area (Å²) in [5.41, 5.74) is 0. The second kappa shape index (κ2) is 6.03. The molecule has 0 aliphatic rings. The molecule has 0 aromatic carbocycles. The van der Waals surface area contributed by atoms with Crippen LogP contribution in [0.4, 0.5) is 0 Å². The van der Waals surface area contributed by atoms with Crippen molar-refractivity contribution in [3.8, 4) is 0 Å². The predicted molar refractivity (Wildman–Crippen MR) is 59.5 cm³/mol. The number of aromatic nitrogens is 3. The van der Waals surface area contributed by atoms with Crippen molar-refractivity contribution >= 4 is 11.8 Å². The van der Waals surface area contributed by atoms with Gasteiger partial charge in [0.2, 0.25) is 0 Å². The molecule has 0 radical (unpaired) electrons. The summed E-state index contributed by atoms with van der Waals surface area (Å²) in [4.78, 5) is 4.15. The first kappa shape index (κ1) is 11.5. The van der Waals surface area contributed by atoms with Crippen molar-refractivity contribution in [1.29, 1.82) is 0 Å². The van der Waals surface area contributed by atoms with Crippen LogP contribution in [0.5, 0.6) is 0 Å². The summed E-state index contributed by atoms with van der Waals surface area (Å²) in [6.45, 7) is 5.38. The van der Waals surface area contributed by atoms with Crippen LogP contribution in [0.2, 0.25) is 0 Å². The van der Waals surface area contributed by atoms with Gasteiger partial charge in [-0.15, -0.1) is 0 Å². The zero-order valence-electron chi connectivity index (χ0n) is 9.03. The van der Waals surface area contributed by atoms with Crippen molar-refractivity contribution in [3.63, 3.8) is 0 Å². The van der Waals surface area contributed by atoms with Gasteiger partial charge in [0.25, 0.3) is 0 Å². The molecular weight excluding hydrogens is 196 g/mol. The molecule has 1 atom stereocenters. The van der Waals surface area contributed by atoms with E-state index in [2.05, 4.69) is 29.2 Å². The van der Waals surface area contributed by atoms with Gasteiger partial charge in [-0.2, -0.15) is 5.10 Å². The molecule has 0 saturated heterocycles. The fraction of sp³-hybridized carbons (Fsp3) is 0.778. The molecule has 0 bridgehead atoms. The molecular formula is C9H18N4S. The van der Waals surface area contributed by atoms with Crippen molar-refractivity contribution in [1.82, 2.24) is 20.1 Å². The highest BCUT2D eigenvalue weighted by Gasteiger charge is 2.03. The normalized spacial score (nSPS) is 13.1. The second-order valence-corrected chi connectivity index (χ2v) is 4.32. The van der Waals surface area contributed by atoms with E-state index in [9.17, 15) is 0 Å². The zero-order valence-corrected chi connectivity index (χ0v) is 9.84. The Kier molecular flexibility index (Phi) is 4.97. The monoisotopic (exact) mass is 214 g/mol. The summed E-state index contributed by atoms with van der Waals surface area (Å²) >= 11 is 1.76. The first-order valence-corrected chi connectivity index (χ1v) is 5.92. The van der Waals surface area contributed by atoms with Gasteiger partial charge in [0.1, 0.15) is 6.33 Å². The molecule has 0 spiro atoms. The lowest BCUT2D eigenvalue weighted by Gasteiger charge is -2.10. The highest BCUT2D eigenvalue weighted by molar-refractivity contribution is 7.99. The molecule has 0 fully saturated rings. The van der Waals surface area contributed by atoms with E-state index in [0.717, 1.165) is 23.9 Å². The smallest absolute Gasteiger partial charge is 0.185 e. The summed E-state index contributed by atoms with van der Waals surface area (Å²) in [6, 6.07) is 0.584. The molecule has 1 N–H and O–H groups in total. The minimum absolute atomic E-state index is 0.584. The summed E-state index contributed by atoms with van der Waals surface area (Å²) < 4.78 is 1.81. The van der Waals surface area contributed by atoms with Crippen molar-refractivity contribution in [3.05, 3.63) is 6.33 Å². The first-order chi connectivity index (χ1) is 6.74. The van der Waals surface area contributed by atoms with E-state index < -0.39 is 0 Å². The molecule has 1 aromatic heterocycles. The van der Waals surface area contributed by atoms with E-state index >= 15 is 0 Å². The van der Waals surface area contributed by atoms with Crippen molar-refractivity contribution in [2.75, 3.05) is 12.3 Å². The molecule has 0 amide bonds. The molecule has 5 heteroatoms. The van der Waals surface area contributed by atoms with Crippen LogP contribution in [0.1, 0.15) is 20.3 Å². The number of rotatable bonds is 6. The maximum absolute atomic E-state index is 4.15. The van der Waals surface area contributed by atoms with Gasteiger partial charge in [0, 0.05) is 18.8 Å². The van der Waals surface area contributed by atoms with Crippen molar-refractivity contribution in [2.24, 2.45) is 7.05 Å². The third-order valence-corrected chi connectivity index (χ3v) is 3.07. The van der Waals surface area contributed by atoms with Crippen LogP contribution in [0.15, 0.2) is 11.5 Å². The van der Waals surface area contributed by atoms with Gasteiger partial charge in [0.05, 0.1) is 0 Å². The average molecular weight is 214 g/mol. The maximum Gasteiger partial charge on any atom is 0.185 e. The van der Waals surface area contributed by atoms with Crippen molar-refractivity contribution in [2.45, 2.75) is 31.5 Å². The van der Waals surface area contributed by atoms with Crippen LogP contribution in [-0.4, -0.2) is 33.1 Å². The minimum Gasteiger partial charge on any atom is -0.315 e. The molecule has 0 saturated carbocycles. The summed E-state index contributed by atoms with van der Waals surface area (Å²) in [5.74, 6) is 1.08. The third-order valence-electron chi connectivity index (χ3n) is 2.00. The number of nitrogens with zero attached hydrogens (tertiary/aromatic N) is 3. The number of aryl methyl sites for hydroxylation is 1. The van der Waals surface area contributed by atoms with Crippen LogP contribution in [0.25, 0.3) is 0 Å². The minimum atomic E-state index is 0.584. The van der Waals surface area contributed by atoms with Crippen molar-refractivity contribution < 1.29 is 0 Å². The molecule has 0 aliphatic heterocycles. The number of hydrogen-bond donors (Lipinski definition) is 1. The van der Waals surface area contributed by atoms with E-state index in [1.807, 2.05) is 11.7 Å². The standard InChI is InChI=1S/C9H18N4S/c1-4-10-8(2)5-6-14-9-11-7-12-13(9)3/h7-8,10H,4-6H2,1-3H3. The van der Waals surface area contributed by atoms with E-state index in [4.69, 9.17) is 0 Å². The molecule has 0 aliphatic carbocycles. The largest absolute Gasteiger partial charge is 0.315 e. The lowest BCUT2D eigenvalue weighted by molar-refractivity contribution is 0.556. The molecule has 1 unspecified atom stereocenters. The summed E-state index contributed by atoms with van der Waals surface area (Å²) in [7, 11) is 1.92. The van der Waals surface area contributed by atoms with Gasteiger partial charge in [-0.3, -0.25) is 0 Å². The van der Waals surface area contributed by atoms with E-state index in [1.165, 1.54) is 0 Å². The average Bonchev–Trinajstić information content (AvgIpc) is 2.52. The van der Waals surface area contributed by atoms with Gasteiger partial charge < -0.3 is 5.32 Å².